The minimum atomic E-state index is -2.98. The molecular weight excluding hydrogens is 817 g/mol. The Balaban J connectivity index is 1.37. The maximum absolute atomic E-state index is 15.4. The maximum atomic E-state index is 15.4. The average molecular weight is 872 g/mol. The number of hydrogen-bond acceptors (Lipinski definition) is 12. The molecular formula is C46H55F2N7O8. The van der Waals surface area contributed by atoms with E-state index in [9.17, 15) is 20.2 Å². The minimum absolute atomic E-state index is 0.0744. The average Bonchev–Trinajstić information content (AvgIpc) is 3.92. The lowest BCUT2D eigenvalue weighted by molar-refractivity contribution is -0.228. The highest BCUT2D eigenvalue weighted by Gasteiger charge is 2.80. The molecule has 0 amide bonds. The first-order chi connectivity index (χ1) is 30.0. The number of methoxy groups -OCH3 is 3. The molecule has 1 aromatic heterocycles. The lowest BCUT2D eigenvalue weighted by Gasteiger charge is -2.63. The molecule has 17 heteroatoms. The van der Waals surface area contributed by atoms with Crippen LogP contribution in [0.15, 0.2) is 47.6 Å². The van der Waals surface area contributed by atoms with E-state index >= 15 is 13.6 Å². The standard InChI is InChI=1S/C46H55F2N7O8/c1-8-43-13-9-15-55-17-14-44(37(43)55)31-20-32(35(60-5)21-34(31)53(4)38(44)46(59,41(58)62-7)39(43)63-25(2)56)45(40(57)61-6)22-26-18-27(42(3,47)48)24-54(23-26)16-12-29-30-19-28(51-52-49)10-11-33(30)50-36(29)45/h9-11,13,19-21,26-27,37-39,50,59H,8,12,14-18,22-24H2,1-7H3/t26-,27-,37+,38-,39-,43-,44-,45+,46+/m1/s1. The Labute approximate surface area is 364 Å². The predicted molar refractivity (Wildman–Crippen MR) is 228 cm³/mol. The van der Waals surface area contributed by atoms with Gasteiger partial charge in [-0.05, 0) is 86.3 Å². The van der Waals surface area contributed by atoms with Crippen molar-refractivity contribution in [3.05, 3.63) is 75.3 Å². The van der Waals surface area contributed by atoms with E-state index in [0.717, 1.165) is 23.4 Å². The zero-order valence-electron chi connectivity index (χ0n) is 36.7. The summed E-state index contributed by atoms with van der Waals surface area (Å²) in [5.41, 5.74) is 7.39. The number of aliphatic hydroxyl groups is 1. The summed E-state index contributed by atoms with van der Waals surface area (Å²) in [6, 6.07) is 7.65. The van der Waals surface area contributed by atoms with Crippen LogP contribution in [0.1, 0.15) is 68.8 Å². The van der Waals surface area contributed by atoms with E-state index in [1.165, 1.54) is 28.3 Å². The lowest BCUT2D eigenvalue weighted by Crippen LogP contribution is -2.81. The smallest absolute Gasteiger partial charge is 0.344 e. The summed E-state index contributed by atoms with van der Waals surface area (Å²) in [4.78, 5) is 55.7. The number of carbonyl (C=O) groups excluding carboxylic acids is 3. The molecule has 5 aliphatic heterocycles. The zero-order chi connectivity index (χ0) is 45.0. The molecule has 1 unspecified atom stereocenters. The number of likely N-dealkylation sites (N-methyl/N-ethyl adjacent to an activating group) is 1. The van der Waals surface area contributed by atoms with E-state index in [0.29, 0.717) is 79.3 Å². The van der Waals surface area contributed by atoms with Gasteiger partial charge in [-0.1, -0.05) is 30.3 Å². The Hall–Kier alpha value is -5.22. The molecule has 63 heavy (non-hydrogen) atoms. The number of H-pyrrole nitrogens is 1. The summed E-state index contributed by atoms with van der Waals surface area (Å²) >= 11 is 0. The topological polar surface area (TPSA) is 183 Å². The van der Waals surface area contributed by atoms with Gasteiger partial charge in [-0.25, -0.2) is 13.6 Å². The number of carbonyl (C=O) groups is 3. The van der Waals surface area contributed by atoms with Gasteiger partial charge < -0.3 is 38.8 Å². The monoisotopic (exact) mass is 871 g/mol. The van der Waals surface area contributed by atoms with Crippen LogP contribution in [-0.2, 0) is 45.8 Å². The van der Waals surface area contributed by atoms with E-state index in [2.05, 4.69) is 24.8 Å². The van der Waals surface area contributed by atoms with Crippen LogP contribution in [0.25, 0.3) is 21.3 Å². The van der Waals surface area contributed by atoms with Gasteiger partial charge in [0.1, 0.15) is 11.2 Å². The van der Waals surface area contributed by atoms with Gasteiger partial charge in [0.05, 0.1) is 27.4 Å². The van der Waals surface area contributed by atoms with Crippen molar-refractivity contribution in [3.63, 3.8) is 0 Å². The molecule has 1 spiro atoms. The zero-order valence-corrected chi connectivity index (χ0v) is 36.7. The van der Waals surface area contributed by atoms with Crippen LogP contribution in [0.3, 0.4) is 0 Å². The number of fused-ring (bicyclic) bond motifs is 6. The number of hydrogen-bond donors (Lipinski definition) is 2. The molecule has 1 aliphatic carbocycles. The molecule has 10 atom stereocenters. The molecule has 2 N–H and O–H groups in total. The number of nitrogens with zero attached hydrogens (tertiary/aromatic N) is 6. The number of aromatic amines is 1. The fourth-order valence-corrected chi connectivity index (χ4v) is 13.6. The summed E-state index contributed by atoms with van der Waals surface area (Å²) in [7, 11) is 5.83. The maximum Gasteiger partial charge on any atom is 0.344 e. The number of azide groups is 1. The molecule has 15 nitrogen and oxygen atoms in total. The second-order valence-electron chi connectivity index (χ2n) is 18.7. The van der Waals surface area contributed by atoms with Crippen molar-refractivity contribution in [3.8, 4) is 5.75 Å². The van der Waals surface area contributed by atoms with E-state index < -0.39 is 75.7 Å². The second-order valence-corrected chi connectivity index (χ2v) is 18.7. The molecule has 9 rings (SSSR count). The highest BCUT2D eigenvalue weighted by Crippen LogP contribution is 2.68. The van der Waals surface area contributed by atoms with Crippen LogP contribution in [0.2, 0.25) is 0 Å². The van der Waals surface area contributed by atoms with Gasteiger partial charge in [0.2, 0.25) is 11.5 Å². The predicted octanol–water partition coefficient (Wildman–Crippen LogP) is 6.06. The second kappa shape index (κ2) is 14.9. The van der Waals surface area contributed by atoms with Gasteiger partial charge in [0.15, 0.2) is 6.10 Å². The largest absolute Gasteiger partial charge is 0.496 e. The third-order valence-electron chi connectivity index (χ3n) is 15.8. The molecule has 2 aromatic carbocycles. The number of piperidine rings is 1. The highest BCUT2D eigenvalue weighted by atomic mass is 19.3. The number of alkyl halides is 2. The summed E-state index contributed by atoms with van der Waals surface area (Å²) in [6.45, 7) is 6.43. The summed E-state index contributed by atoms with van der Waals surface area (Å²) < 4.78 is 54.6. The number of halogens is 2. The number of anilines is 1. The van der Waals surface area contributed by atoms with E-state index in [1.54, 1.807) is 25.2 Å². The van der Waals surface area contributed by atoms with Gasteiger partial charge in [0, 0.05) is 107 Å². The summed E-state index contributed by atoms with van der Waals surface area (Å²) in [6.07, 6.45) is 4.13. The van der Waals surface area contributed by atoms with Crippen molar-refractivity contribution in [2.45, 2.75) is 93.4 Å². The van der Waals surface area contributed by atoms with E-state index in [-0.39, 0.29) is 19.4 Å². The van der Waals surface area contributed by atoms with E-state index in [1.807, 2.05) is 36.1 Å². The molecule has 3 fully saturated rings. The van der Waals surface area contributed by atoms with Crippen LogP contribution >= 0.6 is 0 Å². The molecule has 2 saturated heterocycles. The Morgan fingerprint density at radius 2 is 1.83 bits per heavy atom. The van der Waals surface area contributed by atoms with Crippen LogP contribution in [0.5, 0.6) is 5.75 Å². The summed E-state index contributed by atoms with van der Waals surface area (Å²) in [5.74, 6) is -6.27. The van der Waals surface area contributed by atoms with E-state index in [4.69, 9.17) is 18.9 Å². The van der Waals surface area contributed by atoms with Crippen molar-refractivity contribution < 1.29 is 47.2 Å². The van der Waals surface area contributed by atoms with Gasteiger partial charge >= 0.3 is 17.9 Å². The molecule has 6 heterocycles. The number of rotatable bonds is 8. The first-order valence-electron chi connectivity index (χ1n) is 21.7. The highest BCUT2D eigenvalue weighted by molar-refractivity contribution is 5.95. The van der Waals surface area contributed by atoms with Crippen LogP contribution in [0, 0.1) is 17.3 Å². The van der Waals surface area contributed by atoms with Gasteiger partial charge in [0.25, 0.3) is 0 Å². The van der Waals surface area contributed by atoms with Crippen molar-refractivity contribution in [1.82, 2.24) is 14.8 Å². The van der Waals surface area contributed by atoms with Crippen LogP contribution in [0.4, 0.5) is 20.2 Å². The first-order valence-corrected chi connectivity index (χ1v) is 21.7. The Morgan fingerprint density at radius 1 is 1.06 bits per heavy atom. The number of benzene rings is 2. The number of nitrogens with one attached hydrogen (secondary N) is 1. The van der Waals surface area contributed by atoms with Gasteiger partial charge in [-0.15, -0.1) is 0 Å². The minimum Gasteiger partial charge on any atom is -0.496 e. The van der Waals surface area contributed by atoms with Crippen LogP contribution in [-0.4, -0.2) is 129 Å². The number of aromatic nitrogens is 1. The van der Waals surface area contributed by atoms with Crippen molar-refractivity contribution in [2.75, 3.05) is 66.0 Å². The fourth-order valence-electron chi connectivity index (χ4n) is 13.6. The third kappa shape index (κ3) is 5.84. The van der Waals surface area contributed by atoms with Crippen molar-refractivity contribution in [1.29, 1.82) is 0 Å². The van der Waals surface area contributed by atoms with Crippen molar-refractivity contribution in [2.24, 2.45) is 22.4 Å². The molecule has 336 valence electrons. The lowest BCUT2D eigenvalue weighted by atomic mass is 9.47. The third-order valence-corrected chi connectivity index (χ3v) is 15.8. The Kier molecular flexibility index (Phi) is 10.2. The van der Waals surface area contributed by atoms with Gasteiger partial charge in [-0.3, -0.25) is 14.5 Å². The first kappa shape index (κ1) is 43.1. The molecule has 0 radical (unpaired) electrons. The molecule has 6 aliphatic rings. The molecule has 3 aromatic rings. The van der Waals surface area contributed by atoms with Gasteiger partial charge in [-0.2, -0.15) is 0 Å². The summed E-state index contributed by atoms with van der Waals surface area (Å²) in [5, 5.41) is 17.9. The number of ether oxygens (including phenoxy) is 4. The van der Waals surface area contributed by atoms with Crippen LogP contribution < -0.4 is 9.64 Å². The Morgan fingerprint density at radius 3 is 2.49 bits per heavy atom. The Bertz CT molecular complexity index is 2480. The quantitative estimate of drug-likeness (QED) is 0.0670. The normalized spacial score (nSPS) is 34.3. The fraction of sp³-hybridized carbons (Fsp3) is 0.587. The molecule has 2 bridgehead atoms. The SMILES string of the molecule is CC[C@]12C=CCN3CC[C@@]4(c5cc([C@@]6(C(=O)OC)C[C@H]7C[C@@H](C(C)(F)F)CN(CCc8c6[nH]c6ccc(N=[N+]=[N-])cc86)C7)c(OC)cc5N(C)[C@H]4[C@@](O)(C(=O)OC)[C@@H]1OC(C)=O)[C@@H]32. The van der Waals surface area contributed by atoms with Crippen molar-refractivity contribution >= 4 is 40.2 Å². The molecule has 1 saturated carbocycles. The number of esters is 3.